The van der Waals surface area contributed by atoms with Crippen molar-refractivity contribution in [2.24, 2.45) is 5.73 Å². The first-order valence-electron chi connectivity index (χ1n) is 5.67. The normalized spacial score (nSPS) is 14.5. The molecule has 1 fully saturated rings. The van der Waals surface area contributed by atoms with Crippen LogP contribution in [0.5, 0.6) is 0 Å². The summed E-state index contributed by atoms with van der Waals surface area (Å²) in [6.45, 7) is 0. The summed E-state index contributed by atoms with van der Waals surface area (Å²) in [5.41, 5.74) is 5.75. The zero-order chi connectivity index (χ0) is 13.4. The number of amidine groups is 1. The molecule has 2 aromatic rings. The molecule has 9 heteroatoms. The van der Waals surface area contributed by atoms with Crippen LogP contribution >= 0.6 is 11.8 Å². The fourth-order valence-corrected chi connectivity index (χ4v) is 2.67. The lowest BCUT2D eigenvalue weighted by atomic mass is 10.3. The Balaban J connectivity index is 1.98. The van der Waals surface area contributed by atoms with Crippen LogP contribution < -0.4 is 11.4 Å². The zero-order valence-electron chi connectivity index (χ0n) is 9.83. The van der Waals surface area contributed by atoms with E-state index in [2.05, 4.69) is 20.4 Å². The molecular weight excluding hydrogens is 266 g/mol. The van der Waals surface area contributed by atoms with Crippen LogP contribution in [0.25, 0.3) is 0 Å². The van der Waals surface area contributed by atoms with Gasteiger partial charge in [0.05, 0.1) is 11.8 Å². The van der Waals surface area contributed by atoms with E-state index in [1.54, 1.807) is 10.6 Å². The molecule has 1 saturated carbocycles. The van der Waals surface area contributed by atoms with E-state index in [0.29, 0.717) is 15.7 Å². The zero-order valence-corrected chi connectivity index (χ0v) is 10.6. The summed E-state index contributed by atoms with van der Waals surface area (Å²) < 4.78 is 1.61. The van der Waals surface area contributed by atoms with Gasteiger partial charge in [-0.2, -0.15) is 5.10 Å². The standard InChI is InChI=1S/C10H11N7OS/c11-7(12)6-3-4-13-14-8(6)19-10-16-15-9(18)17(10)5-1-2-5/h3-5H,1-2H2,(H3,11,12)(H,15,18). The van der Waals surface area contributed by atoms with Crippen LogP contribution in [0.2, 0.25) is 0 Å². The van der Waals surface area contributed by atoms with Gasteiger partial charge < -0.3 is 5.73 Å². The molecule has 0 aromatic carbocycles. The van der Waals surface area contributed by atoms with Gasteiger partial charge in [-0.3, -0.25) is 9.98 Å². The molecule has 0 aliphatic heterocycles. The van der Waals surface area contributed by atoms with Crippen molar-refractivity contribution in [3.05, 3.63) is 28.3 Å². The molecule has 1 aliphatic carbocycles. The number of hydrogen-bond acceptors (Lipinski definition) is 6. The molecule has 4 N–H and O–H groups in total. The average Bonchev–Trinajstić information content (AvgIpc) is 3.15. The van der Waals surface area contributed by atoms with Crippen LogP contribution in [0.4, 0.5) is 0 Å². The second kappa shape index (κ2) is 4.50. The number of aromatic amines is 1. The lowest BCUT2D eigenvalue weighted by Crippen LogP contribution is -2.16. The smallest absolute Gasteiger partial charge is 0.344 e. The molecule has 3 rings (SSSR count). The Labute approximate surface area is 111 Å². The van der Waals surface area contributed by atoms with Gasteiger partial charge in [-0.15, -0.1) is 10.2 Å². The molecule has 2 aromatic heterocycles. The molecule has 8 nitrogen and oxygen atoms in total. The molecular formula is C10H11N7OS. The van der Waals surface area contributed by atoms with Crippen LogP contribution in [0, 0.1) is 5.41 Å². The van der Waals surface area contributed by atoms with Crippen LogP contribution in [0.1, 0.15) is 24.4 Å². The Bertz CT molecular complexity index is 687. The molecule has 0 bridgehead atoms. The molecule has 19 heavy (non-hydrogen) atoms. The summed E-state index contributed by atoms with van der Waals surface area (Å²) in [5.74, 6) is -0.0896. The lowest BCUT2D eigenvalue weighted by molar-refractivity contribution is 0.641. The number of H-pyrrole nitrogens is 1. The highest BCUT2D eigenvalue weighted by molar-refractivity contribution is 7.99. The number of aromatic nitrogens is 5. The van der Waals surface area contributed by atoms with Gasteiger partial charge in [0.25, 0.3) is 0 Å². The maximum absolute atomic E-state index is 11.7. The summed E-state index contributed by atoms with van der Waals surface area (Å²) >= 11 is 1.18. The van der Waals surface area contributed by atoms with E-state index >= 15 is 0 Å². The maximum Gasteiger partial charge on any atom is 0.344 e. The minimum Gasteiger partial charge on any atom is -0.384 e. The van der Waals surface area contributed by atoms with Crippen LogP contribution in [-0.2, 0) is 0 Å². The van der Waals surface area contributed by atoms with Crippen molar-refractivity contribution in [1.82, 2.24) is 25.0 Å². The van der Waals surface area contributed by atoms with Gasteiger partial charge >= 0.3 is 5.69 Å². The van der Waals surface area contributed by atoms with Crippen molar-refractivity contribution in [3.8, 4) is 0 Å². The van der Waals surface area contributed by atoms with Gasteiger partial charge in [0.1, 0.15) is 10.9 Å². The Morgan fingerprint density at radius 2 is 2.37 bits per heavy atom. The largest absolute Gasteiger partial charge is 0.384 e. The van der Waals surface area contributed by atoms with Crippen molar-refractivity contribution in [2.75, 3.05) is 0 Å². The highest BCUT2D eigenvalue weighted by atomic mass is 32.2. The van der Waals surface area contributed by atoms with E-state index < -0.39 is 0 Å². The molecule has 2 heterocycles. The van der Waals surface area contributed by atoms with Crippen molar-refractivity contribution in [2.45, 2.75) is 29.1 Å². The number of nitrogens with two attached hydrogens (primary N) is 1. The third kappa shape index (κ3) is 2.24. The van der Waals surface area contributed by atoms with E-state index in [1.165, 1.54) is 18.0 Å². The third-order valence-corrected chi connectivity index (χ3v) is 3.71. The summed E-state index contributed by atoms with van der Waals surface area (Å²) in [7, 11) is 0. The Morgan fingerprint density at radius 1 is 1.58 bits per heavy atom. The Hall–Kier alpha value is -2.16. The van der Waals surface area contributed by atoms with Gasteiger partial charge in [-0.05, 0) is 30.7 Å². The van der Waals surface area contributed by atoms with Gasteiger partial charge in [0.2, 0.25) is 0 Å². The molecule has 0 saturated heterocycles. The minimum atomic E-state index is -0.224. The quantitative estimate of drug-likeness (QED) is 0.538. The Kier molecular flexibility index (Phi) is 2.82. The topological polar surface area (TPSA) is 126 Å². The molecule has 0 atom stereocenters. The van der Waals surface area contributed by atoms with E-state index in [0.717, 1.165) is 12.8 Å². The summed E-state index contributed by atoms with van der Waals surface area (Å²) in [6.07, 6.45) is 3.43. The number of nitrogen functional groups attached to an aromatic ring is 1. The lowest BCUT2D eigenvalue weighted by Gasteiger charge is -2.05. The van der Waals surface area contributed by atoms with Crippen molar-refractivity contribution < 1.29 is 0 Å². The molecule has 0 spiro atoms. The summed E-state index contributed by atoms with van der Waals surface area (Å²) in [4.78, 5) is 11.7. The first kappa shape index (κ1) is 11.9. The van der Waals surface area contributed by atoms with Gasteiger partial charge in [-0.1, -0.05) is 0 Å². The fourth-order valence-electron chi connectivity index (χ4n) is 1.70. The molecule has 98 valence electrons. The fraction of sp³-hybridized carbons (Fsp3) is 0.300. The highest BCUT2D eigenvalue weighted by Gasteiger charge is 2.29. The van der Waals surface area contributed by atoms with E-state index in [9.17, 15) is 4.79 Å². The number of rotatable bonds is 4. The van der Waals surface area contributed by atoms with Gasteiger partial charge in [-0.25, -0.2) is 9.89 Å². The van der Waals surface area contributed by atoms with Crippen LogP contribution in [0.15, 0.2) is 27.2 Å². The molecule has 0 radical (unpaired) electrons. The monoisotopic (exact) mass is 277 g/mol. The highest BCUT2D eigenvalue weighted by Crippen LogP contribution is 2.37. The third-order valence-electron chi connectivity index (χ3n) is 2.75. The van der Waals surface area contributed by atoms with E-state index in [4.69, 9.17) is 11.1 Å². The first-order valence-corrected chi connectivity index (χ1v) is 6.49. The van der Waals surface area contributed by atoms with Gasteiger partial charge in [0.15, 0.2) is 5.16 Å². The molecule has 0 amide bonds. The average molecular weight is 277 g/mol. The van der Waals surface area contributed by atoms with E-state index in [1.807, 2.05) is 0 Å². The molecule has 0 unspecified atom stereocenters. The maximum atomic E-state index is 11.7. The molecule has 1 aliphatic rings. The predicted octanol–water partition coefficient (Wildman–Crippen LogP) is 0.132. The SMILES string of the molecule is N=C(N)c1ccnnc1Sc1n[nH]c(=O)n1C1CC1. The Morgan fingerprint density at radius 3 is 3.05 bits per heavy atom. The van der Waals surface area contributed by atoms with Crippen molar-refractivity contribution in [3.63, 3.8) is 0 Å². The second-order valence-electron chi connectivity index (χ2n) is 4.18. The van der Waals surface area contributed by atoms with E-state index in [-0.39, 0.29) is 17.6 Å². The summed E-state index contributed by atoms with van der Waals surface area (Å²) in [6, 6.07) is 1.83. The van der Waals surface area contributed by atoms with Crippen LogP contribution in [-0.4, -0.2) is 30.8 Å². The van der Waals surface area contributed by atoms with Gasteiger partial charge in [0, 0.05) is 6.04 Å². The van der Waals surface area contributed by atoms with Crippen molar-refractivity contribution >= 4 is 17.6 Å². The number of hydrogen-bond donors (Lipinski definition) is 3. The van der Waals surface area contributed by atoms with Crippen LogP contribution in [0.3, 0.4) is 0 Å². The van der Waals surface area contributed by atoms with Crippen molar-refractivity contribution in [1.29, 1.82) is 5.41 Å². The number of nitrogens with zero attached hydrogens (tertiary/aromatic N) is 4. The number of nitrogens with one attached hydrogen (secondary N) is 2. The second-order valence-corrected chi connectivity index (χ2v) is 5.13. The first-order chi connectivity index (χ1) is 9.16. The summed E-state index contributed by atoms with van der Waals surface area (Å²) in [5, 5.41) is 22.6. The minimum absolute atomic E-state index is 0.0896. The predicted molar refractivity (Wildman–Crippen MR) is 68.3 cm³/mol.